The first-order valence-corrected chi connectivity index (χ1v) is 7.33. The van der Waals surface area contributed by atoms with E-state index in [1.54, 1.807) is 6.20 Å². The Morgan fingerprint density at radius 2 is 1.62 bits per heavy atom. The average Bonchev–Trinajstić information content (AvgIpc) is 3.08. The quantitative estimate of drug-likeness (QED) is 0.746. The molecule has 2 aromatic heterocycles. The second-order valence-electron chi connectivity index (χ2n) is 4.96. The molecule has 4 heteroatoms. The zero-order chi connectivity index (χ0) is 14.7. The lowest BCUT2D eigenvalue weighted by atomic mass is 10.0. The maximum atomic E-state index is 4.23. The Balaban J connectivity index is 2.20. The van der Waals surface area contributed by atoms with Crippen LogP contribution in [0.4, 0.5) is 0 Å². The molecule has 0 saturated carbocycles. The van der Waals surface area contributed by atoms with Crippen LogP contribution in [-0.4, -0.2) is 15.4 Å². The highest BCUT2D eigenvalue weighted by molar-refractivity contribution is 5.63. The van der Waals surface area contributed by atoms with Gasteiger partial charge in [0, 0.05) is 12.8 Å². The van der Waals surface area contributed by atoms with Crippen molar-refractivity contribution in [3.8, 4) is 16.9 Å². The van der Waals surface area contributed by atoms with Gasteiger partial charge in [0.2, 0.25) is 0 Å². The number of aromatic nitrogens is 4. The highest BCUT2D eigenvalue weighted by Crippen LogP contribution is 2.21. The van der Waals surface area contributed by atoms with Crippen LogP contribution in [0, 0.1) is 0 Å². The van der Waals surface area contributed by atoms with Gasteiger partial charge in [-0.15, -0.1) is 10.3 Å². The predicted molar refractivity (Wildman–Crippen MR) is 82.1 cm³/mol. The molecule has 1 aromatic carbocycles. The Hall–Kier alpha value is -2.49. The van der Waals surface area contributed by atoms with Gasteiger partial charge in [-0.05, 0) is 23.3 Å². The molecule has 0 fully saturated rings. The fraction of sp³-hybridized carbons (Fsp3) is 0.235. The minimum atomic E-state index is 0.850. The van der Waals surface area contributed by atoms with Crippen molar-refractivity contribution in [2.24, 2.45) is 0 Å². The summed E-state index contributed by atoms with van der Waals surface area (Å²) in [6.45, 7) is 4.33. The van der Waals surface area contributed by atoms with Crippen LogP contribution in [0.2, 0.25) is 0 Å². The molecule has 0 saturated heterocycles. The van der Waals surface area contributed by atoms with Gasteiger partial charge in [-0.1, -0.05) is 44.2 Å². The molecule has 0 spiro atoms. The minimum Gasteiger partial charge on any atom is -0.194 e. The van der Waals surface area contributed by atoms with Crippen LogP contribution in [-0.2, 0) is 12.8 Å². The minimum absolute atomic E-state index is 0.850. The Kier molecular flexibility index (Phi) is 3.77. The van der Waals surface area contributed by atoms with Crippen LogP contribution in [0.5, 0.6) is 0 Å². The molecule has 3 rings (SSSR count). The largest absolute Gasteiger partial charge is 0.375 e. The predicted octanol–water partition coefficient (Wildman–Crippen LogP) is 2.87. The summed E-state index contributed by atoms with van der Waals surface area (Å²) in [6, 6.07) is 15.0. The molecule has 3 aromatic rings. The molecule has 0 atom stereocenters. The van der Waals surface area contributed by atoms with Gasteiger partial charge >= 0.3 is 5.82 Å². The third-order valence-corrected chi connectivity index (χ3v) is 3.68. The van der Waals surface area contributed by atoms with Crippen molar-refractivity contribution in [2.45, 2.75) is 26.7 Å². The van der Waals surface area contributed by atoms with Crippen molar-refractivity contribution in [1.29, 1.82) is 0 Å². The standard InChI is InChI=1S/C17H19N4/c1-3-15-10-14(13-8-6-5-7-9-13)11-16(4-2)21(15)17-12-18-20-19-17/h5-12H,3-4H2,1-2H3,(H,18,19,20)/q+1. The Morgan fingerprint density at radius 3 is 2.14 bits per heavy atom. The fourth-order valence-corrected chi connectivity index (χ4v) is 2.63. The molecule has 4 nitrogen and oxygen atoms in total. The maximum absolute atomic E-state index is 4.23. The van der Waals surface area contributed by atoms with Gasteiger partial charge < -0.3 is 0 Å². The number of nitrogens with zero attached hydrogens (tertiary/aromatic N) is 3. The summed E-state index contributed by atoms with van der Waals surface area (Å²) in [5.41, 5.74) is 4.97. The van der Waals surface area contributed by atoms with Crippen molar-refractivity contribution >= 4 is 0 Å². The first-order valence-electron chi connectivity index (χ1n) is 7.33. The molecular formula is C17H19N4+. The Labute approximate surface area is 124 Å². The van der Waals surface area contributed by atoms with E-state index >= 15 is 0 Å². The van der Waals surface area contributed by atoms with E-state index in [0.717, 1.165) is 18.7 Å². The monoisotopic (exact) mass is 279 g/mol. The number of H-pyrrole nitrogens is 1. The smallest absolute Gasteiger partial charge is 0.194 e. The third kappa shape index (κ3) is 2.57. The summed E-state index contributed by atoms with van der Waals surface area (Å²) in [5, 5.41) is 10.9. The number of hydrogen-bond acceptors (Lipinski definition) is 2. The third-order valence-electron chi connectivity index (χ3n) is 3.68. The molecule has 0 aliphatic rings. The zero-order valence-corrected chi connectivity index (χ0v) is 12.4. The van der Waals surface area contributed by atoms with Gasteiger partial charge in [-0.3, -0.25) is 0 Å². The second kappa shape index (κ2) is 5.87. The van der Waals surface area contributed by atoms with E-state index < -0.39 is 0 Å². The van der Waals surface area contributed by atoms with Crippen LogP contribution in [0.25, 0.3) is 16.9 Å². The molecule has 0 unspecified atom stereocenters. The van der Waals surface area contributed by atoms with Gasteiger partial charge in [0.25, 0.3) is 0 Å². The van der Waals surface area contributed by atoms with Gasteiger partial charge in [0.1, 0.15) is 17.6 Å². The van der Waals surface area contributed by atoms with E-state index in [-0.39, 0.29) is 0 Å². The molecule has 0 aliphatic heterocycles. The molecule has 0 amide bonds. The van der Waals surface area contributed by atoms with Gasteiger partial charge in [0.15, 0.2) is 0 Å². The first kappa shape index (κ1) is 13.5. The second-order valence-corrected chi connectivity index (χ2v) is 4.96. The Bertz CT molecular complexity index is 693. The SMILES string of the molecule is CCc1cc(-c2ccccc2)cc(CC)[n+]1-c1cn[nH]n1. The van der Waals surface area contributed by atoms with E-state index in [4.69, 9.17) is 0 Å². The molecule has 0 aliphatic carbocycles. The number of aryl methyl sites for hydroxylation is 2. The fourth-order valence-electron chi connectivity index (χ4n) is 2.63. The molecular weight excluding hydrogens is 260 g/mol. The van der Waals surface area contributed by atoms with Crippen molar-refractivity contribution in [2.75, 3.05) is 0 Å². The molecule has 21 heavy (non-hydrogen) atoms. The lowest BCUT2D eigenvalue weighted by Crippen LogP contribution is -2.40. The number of rotatable bonds is 4. The topological polar surface area (TPSA) is 45.5 Å². The molecule has 2 heterocycles. The normalized spacial score (nSPS) is 10.8. The summed E-state index contributed by atoms with van der Waals surface area (Å²) in [5.74, 6) is 0.850. The summed E-state index contributed by atoms with van der Waals surface area (Å²) in [7, 11) is 0. The van der Waals surface area contributed by atoms with Crippen LogP contribution < -0.4 is 4.57 Å². The number of pyridine rings is 1. The van der Waals surface area contributed by atoms with Crippen LogP contribution in [0.1, 0.15) is 25.2 Å². The molecule has 0 bridgehead atoms. The number of hydrogen-bond donors (Lipinski definition) is 1. The van der Waals surface area contributed by atoms with Crippen LogP contribution in [0.15, 0.2) is 48.7 Å². The molecule has 106 valence electrons. The summed E-state index contributed by atoms with van der Waals surface area (Å²) >= 11 is 0. The van der Waals surface area contributed by atoms with Gasteiger partial charge in [0.05, 0.1) is 5.10 Å². The maximum Gasteiger partial charge on any atom is 0.375 e. The Morgan fingerprint density at radius 1 is 0.952 bits per heavy atom. The average molecular weight is 279 g/mol. The highest BCUT2D eigenvalue weighted by Gasteiger charge is 2.19. The first-order chi connectivity index (χ1) is 10.3. The van der Waals surface area contributed by atoms with Crippen LogP contribution in [0.3, 0.4) is 0 Å². The van der Waals surface area contributed by atoms with E-state index in [2.05, 4.69) is 70.2 Å². The van der Waals surface area contributed by atoms with Gasteiger partial charge in [-0.25, -0.2) is 0 Å². The lowest BCUT2D eigenvalue weighted by Gasteiger charge is -2.11. The number of benzene rings is 1. The van der Waals surface area contributed by atoms with E-state index in [1.807, 2.05) is 6.07 Å². The van der Waals surface area contributed by atoms with E-state index in [0.29, 0.717) is 0 Å². The molecule has 0 radical (unpaired) electrons. The van der Waals surface area contributed by atoms with E-state index in [1.165, 1.54) is 22.5 Å². The van der Waals surface area contributed by atoms with Crippen molar-refractivity contribution in [3.63, 3.8) is 0 Å². The molecule has 1 N–H and O–H groups in total. The van der Waals surface area contributed by atoms with Crippen LogP contribution >= 0.6 is 0 Å². The summed E-state index contributed by atoms with van der Waals surface area (Å²) in [6.07, 6.45) is 3.65. The lowest BCUT2D eigenvalue weighted by molar-refractivity contribution is -0.616. The summed E-state index contributed by atoms with van der Waals surface area (Å²) in [4.78, 5) is 0. The van der Waals surface area contributed by atoms with Crippen molar-refractivity contribution in [1.82, 2.24) is 15.4 Å². The van der Waals surface area contributed by atoms with Gasteiger partial charge in [-0.2, -0.15) is 4.57 Å². The van der Waals surface area contributed by atoms with E-state index in [9.17, 15) is 0 Å². The van der Waals surface area contributed by atoms with Crippen molar-refractivity contribution < 1.29 is 4.57 Å². The number of nitrogens with one attached hydrogen (secondary N) is 1. The summed E-state index contributed by atoms with van der Waals surface area (Å²) < 4.78 is 2.19. The zero-order valence-electron chi connectivity index (χ0n) is 12.4. The van der Waals surface area contributed by atoms with Crippen molar-refractivity contribution in [3.05, 3.63) is 60.0 Å². The highest BCUT2D eigenvalue weighted by atomic mass is 15.4. The number of aromatic amines is 1.